The molecule has 1 aliphatic carbocycles. The van der Waals surface area contributed by atoms with Crippen LogP contribution in [0.15, 0.2) is 18.2 Å². The lowest BCUT2D eigenvalue weighted by atomic mass is 9.84. The molecular formula is C17H25NO2. The molecule has 1 aromatic rings. The van der Waals surface area contributed by atoms with Crippen LogP contribution >= 0.6 is 0 Å². The van der Waals surface area contributed by atoms with Crippen LogP contribution in [0.1, 0.15) is 54.9 Å². The summed E-state index contributed by atoms with van der Waals surface area (Å²) >= 11 is 0. The number of hydrogen-bond acceptors (Lipinski definition) is 3. The Morgan fingerprint density at radius 2 is 2.00 bits per heavy atom. The molecule has 1 saturated carbocycles. The van der Waals surface area contributed by atoms with Gasteiger partial charge in [0, 0.05) is 11.7 Å². The molecule has 3 heteroatoms. The van der Waals surface area contributed by atoms with Crippen LogP contribution in [0.25, 0.3) is 0 Å². The van der Waals surface area contributed by atoms with Gasteiger partial charge in [-0.05, 0) is 50.3 Å². The molecule has 2 rings (SSSR count). The highest BCUT2D eigenvalue weighted by molar-refractivity contribution is 5.92. The maximum atomic E-state index is 11.7. The first-order valence-corrected chi connectivity index (χ1v) is 7.58. The van der Waals surface area contributed by atoms with Gasteiger partial charge in [-0.15, -0.1) is 0 Å². The predicted octanol–water partition coefficient (Wildman–Crippen LogP) is 4.16. The average Bonchev–Trinajstić information content (AvgIpc) is 2.49. The normalized spacial score (nSPS) is 17.6. The summed E-state index contributed by atoms with van der Waals surface area (Å²) in [5, 5.41) is 3.59. The van der Waals surface area contributed by atoms with E-state index in [0.29, 0.717) is 11.6 Å². The van der Waals surface area contributed by atoms with E-state index in [-0.39, 0.29) is 5.97 Å². The van der Waals surface area contributed by atoms with Gasteiger partial charge in [0.05, 0.1) is 12.7 Å². The maximum Gasteiger partial charge on any atom is 0.338 e. The second-order valence-corrected chi connectivity index (χ2v) is 5.80. The van der Waals surface area contributed by atoms with Crippen molar-refractivity contribution in [2.75, 3.05) is 12.4 Å². The Labute approximate surface area is 121 Å². The van der Waals surface area contributed by atoms with Crippen LogP contribution in [0.5, 0.6) is 0 Å². The van der Waals surface area contributed by atoms with E-state index >= 15 is 0 Å². The van der Waals surface area contributed by atoms with Crippen molar-refractivity contribution < 1.29 is 9.53 Å². The third-order valence-electron chi connectivity index (χ3n) is 4.48. The number of anilines is 1. The topological polar surface area (TPSA) is 38.3 Å². The Morgan fingerprint density at radius 1 is 1.30 bits per heavy atom. The van der Waals surface area contributed by atoms with Gasteiger partial charge in [-0.3, -0.25) is 0 Å². The first-order valence-electron chi connectivity index (χ1n) is 7.58. The molecule has 0 radical (unpaired) electrons. The van der Waals surface area contributed by atoms with Gasteiger partial charge < -0.3 is 10.1 Å². The zero-order valence-electron chi connectivity index (χ0n) is 12.7. The van der Waals surface area contributed by atoms with Crippen molar-refractivity contribution in [3.05, 3.63) is 29.3 Å². The van der Waals surface area contributed by atoms with Crippen LogP contribution < -0.4 is 5.32 Å². The lowest BCUT2D eigenvalue weighted by molar-refractivity contribution is 0.0600. The number of ether oxygens (including phenoxy) is 1. The Bertz CT molecular complexity index is 464. The van der Waals surface area contributed by atoms with Gasteiger partial charge in [-0.1, -0.05) is 25.3 Å². The minimum absolute atomic E-state index is 0.267. The van der Waals surface area contributed by atoms with E-state index in [1.54, 1.807) is 0 Å². The molecule has 1 atom stereocenters. The van der Waals surface area contributed by atoms with Gasteiger partial charge in [-0.2, -0.15) is 0 Å². The zero-order chi connectivity index (χ0) is 14.5. The largest absolute Gasteiger partial charge is 0.465 e. The number of rotatable bonds is 4. The second kappa shape index (κ2) is 6.78. The molecule has 20 heavy (non-hydrogen) atoms. The fourth-order valence-electron chi connectivity index (χ4n) is 3.12. The number of carbonyl (C=O) groups excluding carboxylic acids is 1. The Morgan fingerprint density at radius 3 is 2.65 bits per heavy atom. The monoisotopic (exact) mass is 275 g/mol. The minimum atomic E-state index is -0.267. The summed E-state index contributed by atoms with van der Waals surface area (Å²) in [6.07, 6.45) is 6.68. The van der Waals surface area contributed by atoms with E-state index in [2.05, 4.69) is 12.2 Å². The summed E-state index contributed by atoms with van der Waals surface area (Å²) in [5.41, 5.74) is 2.67. The molecule has 3 nitrogen and oxygen atoms in total. The van der Waals surface area contributed by atoms with Crippen LogP contribution in [0, 0.1) is 12.8 Å². The Kier molecular flexibility index (Phi) is 5.05. The van der Waals surface area contributed by atoms with Crippen LogP contribution in [0.2, 0.25) is 0 Å². The van der Waals surface area contributed by atoms with E-state index in [9.17, 15) is 4.79 Å². The molecule has 1 aliphatic rings. The van der Waals surface area contributed by atoms with Crippen molar-refractivity contribution in [2.45, 2.75) is 52.0 Å². The molecule has 0 amide bonds. The molecule has 1 fully saturated rings. The van der Waals surface area contributed by atoms with Crippen LogP contribution in [-0.4, -0.2) is 19.1 Å². The summed E-state index contributed by atoms with van der Waals surface area (Å²) in [4.78, 5) is 11.7. The summed E-state index contributed by atoms with van der Waals surface area (Å²) < 4.78 is 4.83. The standard InChI is InChI=1S/C17H25NO2/c1-12-15(17(19)20-3)10-7-11-16(12)18-13(2)14-8-5-4-6-9-14/h7,10-11,13-14,18H,4-6,8-9H2,1-3H3. The fraction of sp³-hybridized carbons (Fsp3) is 0.588. The second-order valence-electron chi connectivity index (χ2n) is 5.80. The van der Waals surface area contributed by atoms with E-state index in [1.807, 2.05) is 25.1 Å². The Hall–Kier alpha value is -1.51. The summed E-state index contributed by atoms with van der Waals surface area (Å²) in [7, 11) is 1.42. The van der Waals surface area contributed by atoms with Crippen molar-refractivity contribution >= 4 is 11.7 Å². The van der Waals surface area contributed by atoms with Crippen molar-refractivity contribution in [1.82, 2.24) is 0 Å². The van der Waals surface area contributed by atoms with Crippen molar-refractivity contribution in [2.24, 2.45) is 5.92 Å². The molecular weight excluding hydrogens is 250 g/mol. The summed E-state index contributed by atoms with van der Waals surface area (Å²) in [6, 6.07) is 6.22. The lowest BCUT2D eigenvalue weighted by Crippen LogP contribution is -2.28. The third-order valence-corrected chi connectivity index (χ3v) is 4.48. The minimum Gasteiger partial charge on any atom is -0.465 e. The van der Waals surface area contributed by atoms with Crippen LogP contribution in [-0.2, 0) is 4.74 Å². The first-order chi connectivity index (χ1) is 9.63. The smallest absolute Gasteiger partial charge is 0.338 e. The fourth-order valence-corrected chi connectivity index (χ4v) is 3.12. The van der Waals surface area contributed by atoms with Crippen molar-refractivity contribution in [1.29, 1.82) is 0 Å². The van der Waals surface area contributed by atoms with Gasteiger partial charge in [-0.25, -0.2) is 4.79 Å². The molecule has 1 N–H and O–H groups in total. The number of hydrogen-bond donors (Lipinski definition) is 1. The van der Waals surface area contributed by atoms with E-state index < -0.39 is 0 Å². The number of esters is 1. The molecule has 0 aliphatic heterocycles. The highest BCUT2D eigenvalue weighted by Crippen LogP contribution is 2.29. The van der Waals surface area contributed by atoms with Crippen molar-refractivity contribution in [3.8, 4) is 0 Å². The molecule has 1 aromatic carbocycles. The molecule has 0 aromatic heterocycles. The van der Waals surface area contributed by atoms with Gasteiger partial charge in [0.15, 0.2) is 0 Å². The molecule has 1 unspecified atom stereocenters. The summed E-state index contributed by atoms with van der Waals surface area (Å²) in [6.45, 7) is 4.22. The SMILES string of the molecule is COC(=O)c1cccc(NC(C)C2CCCCC2)c1C. The van der Waals surface area contributed by atoms with Crippen LogP contribution in [0.4, 0.5) is 5.69 Å². The summed E-state index contributed by atoms with van der Waals surface area (Å²) in [5.74, 6) is 0.474. The lowest BCUT2D eigenvalue weighted by Gasteiger charge is -2.29. The van der Waals surface area contributed by atoms with E-state index in [4.69, 9.17) is 4.74 Å². The highest BCUT2D eigenvalue weighted by Gasteiger charge is 2.21. The molecule has 0 spiro atoms. The number of nitrogens with one attached hydrogen (secondary N) is 1. The molecule has 0 heterocycles. The number of carbonyl (C=O) groups is 1. The van der Waals surface area contributed by atoms with Gasteiger partial charge in [0.1, 0.15) is 0 Å². The van der Waals surface area contributed by atoms with Crippen LogP contribution in [0.3, 0.4) is 0 Å². The van der Waals surface area contributed by atoms with E-state index in [0.717, 1.165) is 17.2 Å². The third kappa shape index (κ3) is 3.33. The maximum absolute atomic E-state index is 11.7. The highest BCUT2D eigenvalue weighted by atomic mass is 16.5. The van der Waals surface area contributed by atoms with Gasteiger partial charge in [0.25, 0.3) is 0 Å². The molecule has 0 saturated heterocycles. The van der Waals surface area contributed by atoms with Gasteiger partial charge in [0.2, 0.25) is 0 Å². The van der Waals surface area contributed by atoms with Crippen molar-refractivity contribution in [3.63, 3.8) is 0 Å². The first kappa shape index (κ1) is 14.9. The quantitative estimate of drug-likeness (QED) is 0.838. The number of methoxy groups -OCH3 is 1. The van der Waals surface area contributed by atoms with E-state index in [1.165, 1.54) is 39.2 Å². The Balaban J connectivity index is 2.10. The average molecular weight is 275 g/mol. The predicted molar refractivity (Wildman–Crippen MR) is 82.2 cm³/mol. The number of benzene rings is 1. The van der Waals surface area contributed by atoms with Gasteiger partial charge >= 0.3 is 5.97 Å². The molecule has 0 bridgehead atoms. The molecule has 110 valence electrons. The zero-order valence-corrected chi connectivity index (χ0v) is 12.7.